The lowest BCUT2D eigenvalue weighted by atomic mass is 10.1. The number of anilines is 1. The van der Waals surface area contributed by atoms with Crippen LogP contribution in [0.4, 0.5) is 5.69 Å². The van der Waals surface area contributed by atoms with Gasteiger partial charge in [0.05, 0.1) is 0 Å². The number of aromatic nitrogens is 1. The summed E-state index contributed by atoms with van der Waals surface area (Å²) in [4.78, 5) is 17.6. The molecule has 4 heteroatoms. The van der Waals surface area contributed by atoms with Gasteiger partial charge in [-0.3, -0.25) is 4.79 Å². The predicted molar refractivity (Wildman–Crippen MR) is 78.0 cm³/mol. The summed E-state index contributed by atoms with van der Waals surface area (Å²) in [6, 6.07) is 2.15. The Morgan fingerprint density at radius 1 is 1.47 bits per heavy atom. The quantitative estimate of drug-likeness (QED) is 0.857. The summed E-state index contributed by atoms with van der Waals surface area (Å²) < 4.78 is 0. The number of hydrogen-bond donors (Lipinski definition) is 2. The Morgan fingerprint density at radius 2 is 2.16 bits per heavy atom. The minimum Gasteiger partial charge on any atom is -0.397 e. The van der Waals surface area contributed by atoms with Crippen LogP contribution in [0.3, 0.4) is 0 Å². The van der Waals surface area contributed by atoms with Crippen molar-refractivity contribution in [2.75, 3.05) is 12.3 Å². The molecule has 1 aliphatic carbocycles. The number of H-pyrrole nitrogens is 1. The molecule has 3 N–H and O–H groups in total. The minimum absolute atomic E-state index is 0.101. The maximum Gasteiger partial charge on any atom is 0.270 e. The molecule has 1 saturated carbocycles. The molecule has 1 heterocycles. The van der Waals surface area contributed by atoms with E-state index in [1.54, 1.807) is 12.3 Å². The van der Waals surface area contributed by atoms with Crippen molar-refractivity contribution < 1.29 is 4.79 Å². The highest BCUT2D eigenvalue weighted by Crippen LogP contribution is 2.25. The molecule has 4 nitrogen and oxygen atoms in total. The number of carbonyl (C=O) groups is 1. The molecular weight excluding hydrogens is 238 g/mol. The van der Waals surface area contributed by atoms with Gasteiger partial charge >= 0.3 is 0 Å². The molecule has 0 aliphatic heterocycles. The molecule has 0 saturated heterocycles. The van der Waals surface area contributed by atoms with Crippen molar-refractivity contribution in [3.63, 3.8) is 0 Å². The number of rotatable bonds is 5. The molecule has 0 spiro atoms. The summed E-state index contributed by atoms with van der Waals surface area (Å²) in [6.07, 6.45) is 7.49. The highest BCUT2D eigenvalue weighted by Gasteiger charge is 2.27. The van der Waals surface area contributed by atoms with Crippen LogP contribution in [0, 0.1) is 5.92 Å². The normalized spacial score (nSPS) is 16.2. The van der Waals surface area contributed by atoms with E-state index >= 15 is 0 Å². The lowest BCUT2D eigenvalue weighted by Crippen LogP contribution is -2.40. The van der Waals surface area contributed by atoms with Crippen molar-refractivity contribution in [3.05, 3.63) is 18.0 Å². The van der Waals surface area contributed by atoms with Crippen LogP contribution in [0.25, 0.3) is 0 Å². The molecule has 1 aromatic rings. The first-order valence-electron chi connectivity index (χ1n) is 7.32. The number of nitrogens with two attached hydrogens (primary N) is 1. The zero-order valence-electron chi connectivity index (χ0n) is 12.0. The summed E-state index contributed by atoms with van der Waals surface area (Å²) in [6.45, 7) is 5.24. The third-order valence-corrected chi connectivity index (χ3v) is 3.91. The van der Waals surface area contributed by atoms with Crippen LogP contribution >= 0.6 is 0 Å². The standard InChI is InChI=1S/C15H25N3O/c1-11(2)7-8-18(13-5-3-4-6-13)15(19)14-9-12(16)10-17-14/h9-11,13,17H,3-8,16H2,1-2H3. The smallest absolute Gasteiger partial charge is 0.270 e. The van der Waals surface area contributed by atoms with E-state index in [2.05, 4.69) is 23.7 Å². The summed E-state index contributed by atoms with van der Waals surface area (Å²) in [7, 11) is 0. The second-order valence-electron chi connectivity index (χ2n) is 5.97. The van der Waals surface area contributed by atoms with E-state index < -0.39 is 0 Å². The molecular formula is C15H25N3O. The Labute approximate surface area is 115 Å². The van der Waals surface area contributed by atoms with Crippen LogP contribution < -0.4 is 5.73 Å². The number of hydrogen-bond acceptors (Lipinski definition) is 2. The maximum atomic E-state index is 12.6. The fourth-order valence-corrected chi connectivity index (χ4v) is 2.75. The lowest BCUT2D eigenvalue weighted by Gasteiger charge is -2.29. The first-order chi connectivity index (χ1) is 9.08. The first kappa shape index (κ1) is 14.0. The Hall–Kier alpha value is -1.45. The van der Waals surface area contributed by atoms with Gasteiger partial charge in [0, 0.05) is 24.5 Å². The maximum absolute atomic E-state index is 12.6. The van der Waals surface area contributed by atoms with Crippen LogP contribution in [-0.4, -0.2) is 28.4 Å². The molecule has 106 valence electrons. The highest BCUT2D eigenvalue weighted by molar-refractivity contribution is 5.93. The van der Waals surface area contributed by atoms with Crippen LogP contribution in [-0.2, 0) is 0 Å². The van der Waals surface area contributed by atoms with Crippen LogP contribution in [0.15, 0.2) is 12.3 Å². The summed E-state index contributed by atoms with van der Waals surface area (Å²) >= 11 is 0. The van der Waals surface area contributed by atoms with Gasteiger partial charge in [0.1, 0.15) is 5.69 Å². The zero-order chi connectivity index (χ0) is 13.8. The average Bonchev–Trinajstić information content (AvgIpc) is 3.00. The van der Waals surface area contributed by atoms with Crippen molar-refractivity contribution >= 4 is 11.6 Å². The summed E-state index contributed by atoms with van der Waals surface area (Å²) in [5, 5.41) is 0. The number of aromatic amines is 1. The fourth-order valence-electron chi connectivity index (χ4n) is 2.75. The third-order valence-electron chi connectivity index (χ3n) is 3.91. The summed E-state index contributed by atoms with van der Waals surface area (Å²) in [5.41, 5.74) is 6.93. The minimum atomic E-state index is 0.101. The van der Waals surface area contributed by atoms with E-state index in [1.165, 1.54) is 12.8 Å². The number of carbonyl (C=O) groups excluding carboxylic acids is 1. The van der Waals surface area contributed by atoms with Gasteiger partial charge in [-0.25, -0.2) is 0 Å². The summed E-state index contributed by atoms with van der Waals surface area (Å²) in [5.74, 6) is 0.717. The molecule has 1 aromatic heterocycles. The van der Waals surface area contributed by atoms with Crippen molar-refractivity contribution in [3.8, 4) is 0 Å². The van der Waals surface area contributed by atoms with Gasteiger partial charge in [-0.1, -0.05) is 26.7 Å². The molecule has 0 atom stereocenters. The molecule has 0 unspecified atom stereocenters. The largest absolute Gasteiger partial charge is 0.397 e. The van der Waals surface area contributed by atoms with Crippen molar-refractivity contribution in [1.29, 1.82) is 0 Å². The Balaban J connectivity index is 2.09. The molecule has 0 radical (unpaired) electrons. The fraction of sp³-hybridized carbons (Fsp3) is 0.667. The highest BCUT2D eigenvalue weighted by atomic mass is 16.2. The molecule has 19 heavy (non-hydrogen) atoms. The van der Waals surface area contributed by atoms with Gasteiger partial charge in [0.2, 0.25) is 0 Å². The Kier molecular flexibility index (Phi) is 4.51. The van der Waals surface area contributed by atoms with E-state index in [4.69, 9.17) is 5.73 Å². The zero-order valence-corrected chi connectivity index (χ0v) is 12.0. The van der Waals surface area contributed by atoms with Gasteiger partial charge < -0.3 is 15.6 Å². The SMILES string of the molecule is CC(C)CCN(C(=O)c1cc(N)c[nH]1)C1CCCC1. The second-order valence-corrected chi connectivity index (χ2v) is 5.97. The van der Waals surface area contributed by atoms with Crippen LogP contribution in [0.1, 0.15) is 56.4 Å². The average molecular weight is 263 g/mol. The number of nitrogens with one attached hydrogen (secondary N) is 1. The molecule has 0 bridgehead atoms. The van der Waals surface area contributed by atoms with E-state index in [0.717, 1.165) is 25.8 Å². The van der Waals surface area contributed by atoms with Crippen LogP contribution in [0.2, 0.25) is 0 Å². The van der Waals surface area contributed by atoms with Gasteiger partial charge in [-0.15, -0.1) is 0 Å². The van der Waals surface area contributed by atoms with Crippen molar-refractivity contribution in [2.45, 2.75) is 52.0 Å². The van der Waals surface area contributed by atoms with Crippen molar-refractivity contribution in [2.24, 2.45) is 5.92 Å². The number of nitrogens with zero attached hydrogens (tertiary/aromatic N) is 1. The predicted octanol–water partition coefficient (Wildman–Crippen LogP) is 3.03. The first-order valence-corrected chi connectivity index (χ1v) is 7.32. The lowest BCUT2D eigenvalue weighted by molar-refractivity contribution is 0.0666. The van der Waals surface area contributed by atoms with E-state index in [-0.39, 0.29) is 5.91 Å². The van der Waals surface area contributed by atoms with Gasteiger partial charge in [-0.05, 0) is 31.2 Å². The molecule has 2 rings (SSSR count). The van der Waals surface area contributed by atoms with Gasteiger partial charge in [0.15, 0.2) is 0 Å². The number of amides is 1. The van der Waals surface area contributed by atoms with Gasteiger partial charge in [-0.2, -0.15) is 0 Å². The number of nitrogen functional groups attached to an aromatic ring is 1. The topological polar surface area (TPSA) is 62.1 Å². The van der Waals surface area contributed by atoms with Crippen molar-refractivity contribution in [1.82, 2.24) is 9.88 Å². The molecule has 0 aromatic carbocycles. The third kappa shape index (κ3) is 3.52. The molecule has 1 aliphatic rings. The van der Waals surface area contributed by atoms with E-state index in [0.29, 0.717) is 23.3 Å². The van der Waals surface area contributed by atoms with E-state index in [9.17, 15) is 4.79 Å². The molecule has 1 fully saturated rings. The van der Waals surface area contributed by atoms with Gasteiger partial charge in [0.25, 0.3) is 5.91 Å². The van der Waals surface area contributed by atoms with Crippen LogP contribution in [0.5, 0.6) is 0 Å². The molecule has 1 amide bonds. The Morgan fingerprint density at radius 3 is 2.68 bits per heavy atom. The van der Waals surface area contributed by atoms with E-state index in [1.807, 2.05) is 0 Å². The second kappa shape index (κ2) is 6.13. The Bertz CT molecular complexity index is 419. The monoisotopic (exact) mass is 263 g/mol.